The Morgan fingerprint density at radius 3 is 2.41 bits per heavy atom. The van der Waals surface area contributed by atoms with Gasteiger partial charge in [0.05, 0.1) is 4.83 Å². The highest BCUT2D eigenvalue weighted by molar-refractivity contribution is 9.12. The lowest BCUT2D eigenvalue weighted by atomic mass is 9.81. The number of rotatable bonds is 1. The van der Waals surface area contributed by atoms with Crippen molar-refractivity contribution >= 4 is 43.6 Å². The van der Waals surface area contributed by atoms with Crippen LogP contribution in [0, 0.1) is 0 Å². The van der Waals surface area contributed by atoms with E-state index in [0.29, 0.717) is 0 Å². The lowest BCUT2D eigenvalue weighted by molar-refractivity contribution is -0.0612. The van der Waals surface area contributed by atoms with Crippen LogP contribution in [0.2, 0.25) is 0 Å². The molecule has 5 heteroatoms. The molecule has 2 fully saturated rings. The lowest BCUT2D eigenvalue weighted by Gasteiger charge is -2.75. The van der Waals surface area contributed by atoms with Gasteiger partial charge in [-0.05, 0) is 26.0 Å². The van der Waals surface area contributed by atoms with Gasteiger partial charge in [-0.15, -0.1) is 0 Å². The molecule has 2 heterocycles. The van der Waals surface area contributed by atoms with Crippen LogP contribution in [0.3, 0.4) is 0 Å². The monoisotopic (exact) mass is 358 g/mol. The van der Waals surface area contributed by atoms with E-state index in [0.717, 1.165) is 5.69 Å². The summed E-state index contributed by atoms with van der Waals surface area (Å²) in [6.45, 7) is 4.08. The molecule has 0 saturated carbocycles. The summed E-state index contributed by atoms with van der Waals surface area (Å²) in [5.74, 6) is 0. The number of hydrogen-bond donors (Lipinski definition) is 0. The Kier molecular flexibility index (Phi) is 2.21. The van der Waals surface area contributed by atoms with Crippen molar-refractivity contribution in [1.29, 1.82) is 0 Å². The van der Waals surface area contributed by atoms with Crippen LogP contribution in [0.4, 0.5) is 10.5 Å². The van der Waals surface area contributed by atoms with Crippen LogP contribution in [0.5, 0.6) is 0 Å². The molecule has 3 rings (SSSR count). The smallest absolute Gasteiger partial charge is 0.283 e. The number of amides is 2. The second kappa shape index (κ2) is 3.26. The molecule has 3 unspecified atom stereocenters. The summed E-state index contributed by atoms with van der Waals surface area (Å²) >= 11 is 7.27. The first-order chi connectivity index (χ1) is 7.91. The van der Waals surface area contributed by atoms with Gasteiger partial charge in [0.1, 0.15) is 10.1 Å². The predicted molar refractivity (Wildman–Crippen MR) is 74.6 cm³/mol. The minimum absolute atomic E-state index is 0.0498. The van der Waals surface area contributed by atoms with Gasteiger partial charge in [-0.3, -0.25) is 9.80 Å². The van der Waals surface area contributed by atoms with Crippen LogP contribution in [0.1, 0.15) is 13.8 Å². The van der Waals surface area contributed by atoms with Crippen molar-refractivity contribution < 1.29 is 4.79 Å². The van der Waals surface area contributed by atoms with Gasteiger partial charge < -0.3 is 0 Å². The molecular weight excluding hydrogens is 348 g/mol. The van der Waals surface area contributed by atoms with Gasteiger partial charge >= 0.3 is 6.03 Å². The van der Waals surface area contributed by atoms with Gasteiger partial charge in [-0.25, -0.2) is 4.79 Å². The number of benzene rings is 1. The van der Waals surface area contributed by atoms with Crippen LogP contribution in [0.25, 0.3) is 0 Å². The zero-order valence-corrected chi connectivity index (χ0v) is 12.7. The summed E-state index contributed by atoms with van der Waals surface area (Å²) in [6.07, 6.45) is 0. The van der Waals surface area contributed by atoms with Crippen LogP contribution in [-0.2, 0) is 0 Å². The molecule has 90 valence electrons. The summed E-state index contributed by atoms with van der Waals surface area (Å²) in [6, 6.07) is 9.82. The molecular formula is C12H12Br2N2O. The molecule has 2 aliphatic heterocycles. The normalized spacial score (nSPS) is 39.5. The molecule has 0 aliphatic carbocycles. The largest absolute Gasteiger partial charge is 0.329 e. The molecule has 1 aromatic rings. The third-order valence-corrected chi connectivity index (χ3v) is 6.87. The number of hydrogen-bond acceptors (Lipinski definition) is 1. The van der Waals surface area contributed by atoms with Crippen molar-refractivity contribution in [2.45, 2.75) is 28.8 Å². The third kappa shape index (κ3) is 1.14. The maximum atomic E-state index is 12.2. The van der Waals surface area contributed by atoms with Crippen LogP contribution >= 0.6 is 31.9 Å². The molecule has 0 spiro atoms. The first kappa shape index (κ1) is 11.5. The fourth-order valence-corrected chi connectivity index (χ4v) is 4.45. The Morgan fingerprint density at radius 1 is 1.24 bits per heavy atom. The van der Waals surface area contributed by atoms with E-state index in [1.807, 2.05) is 47.1 Å². The molecule has 3 nitrogen and oxygen atoms in total. The Bertz CT molecular complexity index is 491. The summed E-state index contributed by atoms with van der Waals surface area (Å²) in [5, 5.41) is 0. The topological polar surface area (TPSA) is 23.6 Å². The molecule has 17 heavy (non-hydrogen) atoms. The minimum atomic E-state index is -0.288. The molecule has 2 amide bonds. The Labute approximate surface area is 117 Å². The van der Waals surface area contributed by atoms with E-state index in [4.69, 9.17) is 0 Å². The van der Waals surface area contributed by atoms with Gasteiger partial charge in [0, 0.05) is 5.69 Å². The van der Waals surface area contributed by atoms with E-state index < -0.39 is 0 Å². The number of para-hydroxylation sites is 1. The van der Waals surface area contributed by atoms with E-state index in [1.54, 1.807) is 0 Å². The molecule has 2 saturated heterocycles. The Morgan fingerprint density at radius 2 is 1.82 bits per heavy atom. The predicted octanol–water partition coefficient (Wildman–Crippen LogP) is 3.53. The van der Waals surface area contributed by atoms with Gasteiger partial charge in [0.25, 0.3) is 0 Å². The quantitative estimate of drug-likeness (QED) is 0.555. The van der Waals surface area contributed by atoms with E-state index >= 15 is 0 Å². The second-order valence-corrected chi connectivity index (χ2v) is 7.29. The SMILES string of the molecule is CC1(Br)C(Br)C2(C)N(c3ccccc3)C(=O)N12. The lowest BCUT2D eigenvalue weighted by Crippen LogP contribution is -2.94. The molecule has 3 atom stereocenters. The number of urea groups is 1. The first-order valence-electron chi connectivity index (χ1n) is 5.44. The van der Waals surface area contributed by atoms with Crippen LogP contribution in [0.15, 0.2) is 30.3 Å². The third-order valence-electron chi connectivity index (χ3n) is 3.68. The van der Waals surface area contributed by atoms with Crippen molar-refractivity contribution in [1.82, 2.24) is 4.90 Å². The van der Waals surface area contributed by atoms with Crippen molar-refractivity contribution in [2.75, 3.05) is 4.90 Å². The maximum Gasteiger partial charge on any atom is 0.329 e. The summed E-state index contributed by atoms with van der Waals surface area (Å²) in [4.78, 5) is 16.1. The van der Waals surface area contributed by atoms with Gasteiger partial charge in [-0.1, -0.05) is 50.1 Å². The van der Waals surface area contributed by atoms with Gasteiger partial charge in [0.2, 0.25) is 0 Å². The van der Waals surface area contributed by atoms with Crippen LogP contribution < -0.4 is 4.90 Å². The van der Waals surface area contributed by atoms with E-state index in [1.165, 1.54) is 0 Å². The van der Waals surface area contributed by atoms with Gasteiger partial charge in [0.15, 0.2) is 0 Å². The van der Waals surface area contributed by atoms with Crippen molar-refractivity contribution in [2.24, 2.45) is 0 Å². The van der Waals surface area contributed by atoms with Crippen molar-refractivity contribution in [3.05, 3.63) is 30.3 Å². The first-order valence-corrected chi connectivity index (χ1v) is 7.15. The second-order valence-electron chi connectivity index (χ2n) is 4.77. The summed E-state index contributed by atoms with van der Waals surface area (Å²) in [7, 11) is 0. The van der Waals surface area contributed by atoms with Crippen LogP contribution in [-0.4, -0.2) is 25.9 Å². The standard InChI is InChI=1S/C12H12Br2N2O/c1-11(14)9(13)12(2)15(10(17)16(11)12)8-6-4-3-5-7-8/h3-7,9H,1-2H3. The Balaban J connectivity index is 1.99. The van der Waals surface area contributed by atoms with Crippen molar-refractivity contribution in [3.63, 3.8) is 0 Å². The summed E-state index contributed by atoms with van der Waals surface area (Å²) < 4.78 is -0.288. The van der Waals surface area contributed by atoms with Gasteiger partial charge in [-0.2, -0.15) is 0 Å². The number of alkyl halides is 2. The Hall–Kier alpha value is -0.550. The van der Waals surface area contributed by atoms with E-state index in [2.05, 4.69) is 38.8 Å². The number of halogens is 2. The zero-order chi connectivity index (χ0) is 12.4. The number of carbonyl (C=O) groups excluding carboxylic acids is 1. The molecule has 0 radical (unpaired) electrons. The number of fused-ring (bicyclic) bond motifs is 1. The highest BCUT2D eigenvalue weighted by Gasteiger charge is 2.76. The van der Waals surface area contributed by atoms with Crippen molar-refractivity contribution in [3.8, 4) is 0 Å². The highest BCUT2D eigenvalue weighted by atomic mass is 79.9. The maximum absolute atomic E-state index is 12.2. The molecule has 0 aromatic heterocycles. The fraction of sp³-hybridized carbons (Fsp3) is 0.417. The van der Waals surface area contributed by atoms with E-state index in [-0.39, 0.29) is 21.0 Å². The average molecular weight is 360 g/mol. The zero-order valence-electron chi connectivity index (χ0n) is 9.52. The highest BCUT2D eigenvalue weighted by Crippen LogP contribution is 2.61. The van der Waals surface area contributed by atoms with E-state index in [9.17, 15) is 4.79 Å². The fourth-order valence-electron chi connectivity index (χ4n) is 2.89. The molecule has 0 bridgehead atoms. The molecule has 2 aliphatic rings. The minimum Gasteiger partial charge on any atom is -0.283 e. The average Bonchev–Trinajstić information content (AvgIpc) is 2.28. The number of anilines is 1. The molecule has 1 aromatic carbocycles. The summed E-state index contributed by atoms with van der Waals surface area (Å²) in [5.41, 5.74) is 0.681. The number of carbonyl (C=O) groups is 1. The molecule has 0 N–H and O–H groups in total. The number of nitrogens with zero attached hydrogens (tertiary/aromatic N) is 2.